The van der Waals surface area contributed by atoms with Gasteiger partial charge in [0.05, 0.1) is 22.4 Å². The minimum Gasteiger partial charge on any atom is -0.350 e. The number of amides is 1. The normalized spacial score (nSPS) is 10.8. The molecule has 0 fully saturated rings. The van der Waals surface area contributed by atoms with E-state index in [-0.39, 0.29) is 22.5 Å². The van der Waals surface area contributed by atoms with Crippen molar-refractivity contribution < 1.29 is 4.79 Å². The fraction of sp³-hybridized carbons (Fsp3) is 0.385. The molecule has 0 aliphatic heterocycles. The molecule has 0 unspecified atom stereocenters. The maximum absolute atomic E-state index is 12.1. The van der Waals surface area contributed by atoms with Crippen LogP contribution < -0.4 is 5.32 Å². The molecule has 0 aromatic carbocycles. The van der Waals surface area contributed by atoms with Crippen molar-refractivity contribution >= 4 is 28.8 Å². The SMILES string of the molecule is CC(C)c1ncc(Cl)c(C(=O)NCCc2cscn2)n1. The van der Waals surface area contributed by atoms with Crippen molar-refractivity contribution in [2.24, 2.45) is 0 Å². The van der Waals surface area contributed by atoms with Crippen molar-refractivity contribution in [2.45, 2.75) is 26.2 Å². The standard InChI is InChI=1S/C13H15ClN4OS/c1-8(2)12-16-5-10(14)11(18-12)13(19)15-4-3-9-6-20-7-17-9/h5-8H,3-4H2,1-2H3,(H,15,19). The summed E-state index contributed by atoms with van der Waals surface area (Å²) < 4.78 is 0. The van der Waals surface area contributed by atoms with Crippen LogP contribution in [-0.2, 0) is 6.42 Å². The summed E-state index contributed by atoms with van der Waals surface area (Å²) >= 11 is 7.51. The average Bonchev–Trinajstić information content (AvgIpc) is 2.92. The van der Waals surface area contributed by atoms with Gasteiger partial charge in [0.25, 0.3) is 5.91 Å². The van der Waals surface area contributed by atoms with E-state index in [1.165, 1.54) is 17.5 Å². The molecule has 20 heavy (non-hydrogen) atoms. The average molecular weight is 311 g/mol. The monoisotopic (exact) mass is 310 g/mol. The Kier molecular flexibility index (Phi) is 5.03. The summed E-state index contributed by atoms with van der Waals surface area (Å²) in [5.41, 5.74) is 2.96. The lowest BCUT2D eigenvalue weighted by Gasteiger charge is -2.08. The zero-order chi connectivity index (χ0) is 14.5. The van der Waals surface area contributed by atoms with Crippen LogP contribution in [0.15, 0.2) is 17.1 Å². The maximum atomic E-state index is 12.1. The Morgan fingerprint density at radius 2 is 2.25 bits per heavy atom. The number of nitrogens with one attached hydrogen (secondary N) is 1. The van der Waals surface area contributed by atoms with Gasteiger partial charge in [-0.1, -0.05) is 25.4 Å². The summed E-state index contributed by atoms with van der Waals surface area (Å²) in [4.78, 5) is 24.6. The van der Waals surface area contributed by atoms with Crippen molar-refractivity contribution in [3.8, 4) is 0 Å². The van der Waals surface area contributed by atoms with Crippen LogP contribution in [0.4, 0.5) is 0 Å². The molecular formula is C13H15ClN4OS. The van der Waals surface area contributed by atoms with Gasteiger partial charge in [-0.15, -0.1) is 11.3 Å². The first-order valence-corrected chi connectivity index (χ1v) is 7.57. The number of carbonyl (C=O) groups excluding carboxylic acids is 1. The fourth-order valence-electron chi connectivity index (χ4n) is 1.57. The highest BCUT2D eigenvalue weighted by molar-refractivity contribution is 7.07. The Hall–Kier alpha value is -1.53. The third-order valence-electron chi connectivity index (χ3n) is 2.64. The van der Waals surface area contributed by atoms with E-state index in [0.717, 1.165) is 5.69 Å². The van der Waals surface area contributed by atoms with Crippen molar-refractivity contribution in [1.29, 1.82) is 0 Å². The van der Waals surface area contributed by atoms with Crippen LogP contribution in [-0.4, -0.2) is 27.4 Å². The minimum atomic E-state index is -0.283. The van der Waals surface area contributed by atoms with Crippen LogP contribution in [0.2, 0.25) is 5.02 Å². The van der Waals surface area contributed by atoms with E-state index in [1.807, 2.05) is 19.2 Å². The van der Waals surface area contributed by atoms with E-state index < -0.39 is 0 Å². The quantitative estimate of drug-likeness (QED) is 0.922. The predicted molar refractivity (Wildman–Crippen MR) is 79.3 cm³/mol. The summed E-state index contributed by atoms with van der Waals surface area (Å²) in [6.07, 6.45) is 2.16. The summed E-state index contributed by atoms with van der Waals surface area (Å²) in [6.45, 7) is 4.43. The van der Waals surface area contributed by atoms with Gasteiger partial charge >= 0.3 is 0 Å². The Bertz CT molecular complexity index is 586. The van der Waals surface area contributed by atoms with Gasteiger partial charge in [0.2, 0.25) is 0 Å². The highest BCUT2D eigenvalue weighted by Crippen LogP contribution is 2.16. The molecule has 0 saturated heterocycles. The van der Waals surface area contributed by atoms with Crippen LogP contribution in [0.25, 0.3) is 0 Å². The van der Waals surface area contributed by atoms with E-state index in [4.69, 9.17) is 11.6 Å². The number of hydrogen-bond acceptors (Lipinski definition) is 5. The summed E-state index contributed by atoms with van der Waals surface area (Å²) in [5, 5.41) is 5.02. The fourth-order valence-corrected chi connectivity index (χ4v) is 2.34. The topological polar surface area (TPSA) is 67.8 Å². The van der Waals surface area contributed by atoms with E-state index in [2.05, 4.69) is 20.3 Å². The second-order valence-electron chi connectivity index (χ2n) is 4.57. The predicted octanol–water partition coefficient (Wildman–Crippen LogP) is 2.68. The number of rotatable bonds is 5. The number of carbonyl (C=O) groups is 1. The van der Waals surface area contributed by atoms with Crippen molar-refractivity contribution in [3.05, 3.63) is 39.3 Å². The molecule has 7 heteroatoms. The molecule has 0 bridgehead atoms. The van der Waals surface area contributed by atoms with Gasteiger partial charge in [0.15, 0.2) is 0 Å². The third-order valence-corrected chi connectivity index (χ3v) is 3.56. The van der Waals surface area contributed by atoms with Gasteiger partial charge < -0.3 is 5.32 Å². The van der Waals surface area contributed by atoms with Gasteiger partial charge in [-0.2, -0.15) is 0 Å². The van der Waals surface area contributed by atoms with Crippen LogP contribution in [0.5, 0.6) is 0 Å². The van der Waals surface area contributed by atoms with Crippen molar-refractivity contribution in [1.82, 2.24) is 20.3 Å². The molecule has 1 N–H and O–H groups in total. The summed E-state index contributed by atoms with van der Waals surface area (Å²) in [6, 6.07) is 0. The molecule has 1 amide bonds. The molecule has 106 valence electrons. The van der Waals surface area contributed by atoms with E-state index in [0.29, 0.717) is 18.8 Å². The molecule has 0 aliphatic rings. The number of aromatic nitrogens is 3. The van der Waals surface area contributed by atoms with Gasteiger partial charge in [-0.05, 0) is 0 Å². The highest BCUT2D eigenvalue weighted by atomic mass is 35.5. The number of hydrogen-bond donors (Lipinski definition) is 1. The van der Waals surface area contributed by atoms with Crippen LogP contribution >= 0.6 is 22.9 Å². The van der Waals surface area contributed by atoms with E-state index >= 15 is 0 Å². The molecule has 0 radical (unpaired) electrons. The molecular weight excluding hydrogens is 296 g/mol. The molecule has 0 saturated carbocycles. The second kappa shape index (κ2) is 6.76. The van der Waals surface area contributed by atoms with Crippen molar-refractivity contribution in [3.63, 3.8) is 0 Å². The van der Waals surface area contributed by atoms with Gasteiger partial charge in [-0.3, -0.25) is 4.79 Å². The largest absolute Gasteiger partial charge is 0.350 e. The number of halogens is 1. The lowest BCUT2D eigenvalue weighted by Crippen LogP contribution is -2.27. The van der Waals surface area contributed by atoms with E-state index in [9.17, 15) is 4.79 Å². The van der Waals surface area contributed by atoms with Crippen molar-refractivity contribution in [2.75, 3.05) is 6.54 Å². The third kappa shape index (κ3) is 3.74. The second-order valence-corrected chi connectivity index (χ2v) is 5.69. The molecule has 2 aromatic heterocycles. The Balaban J connectivity index is 1.99. The first-order valence-electron chi connectivity index (χ1n) is 6.25. The van der Waals surface area contributed by atoms with Crippen LogP contribution in [0.3, 0.4) is 0 Å². The lowest BCUT2D eigenvalue weighted by molar-refractivity contribution is 0.0948. The molecule has 0 atom stereocenters. The smallest absolute Gasteiger partial charge is 0.271 e. The zero-order valence-corrected chi connectivity index (χ0v) is 12.8. The van der Waals surface area contributed by atoms with Gasteiger partial charge in [0, 0.05) is 24.3 Å². The molecule has 2 rings (SSSR count). The van der Waals surface area contributed by atoms with Gasteiger partial charge in [0.1, 0.15) is 11.5 Å². The zero-order valence-electron chi connectivity index (χ0n) is 11.3. The molecule has 2 aromatic rings. The van der Waals surface area contributed by atoms with E-state index in [1.54, 1.807) is 5.51 Å². The molecule has 0 aliphatic carbocycles. The minimum absolute atomic E-state index is 0.147. The summed E-state index contributed by atoms with van der Waals surface area (Å²) in [7, 11) is 0. The Morgan fingerprint density at radius 1 is 1.45 bits per heavy atom. The molecule has 5 nitrogen and oxygen atoms in total. The molecule has 0 spiro atoms. The first-order chi connectivity index (χ1) is 9.58. The maximum Gasteiger partial charge on any atom is 0.271 e. The Labute approximate surface area is 126 Å². The Morgan fingerprint density at radius 3 is 2.90 bits per heavy atom. The van der Waals surface area contributed by atoms with Gasteiger partial charge in [-0.25, -0.2) is 15.0 Å². The van der Waals surface area contributed by atoms with Crippen LogP contribution in [0, 0.1) is 0 Å². The summed E-state index contributed by atoms with van der Waals surface area (Å²) in [5.74, 6) is 0.474. The first kappa shape index (κ1) is 14.9. The number of thiazole rings is 1. The lowest BCUT2D eigenvalue weighted by atomic mass is 10.2. The highest BCUT2D eigenvalue weighted by Gasteiger charge is 2.15. The van der Waals surface area contributed by atoms with Crippen LogP contribution in [0.1, 0.15) is 41.8 Å². The molecule has 2 heterocycles. The number of nitrogens with zero attached hydrogens (tertiary/aromatic N) is 3.